The molecule has 0 radical (unpaired) electrons. The summed E-state index contributed by atoms with van der Waals surface area (Å²) in [5.41, 5.74) is 10.2. The number of primary amides is 1. The Morgan fingerprint density at radius 1 is 1.00 bits per heavy atom. The van der Waals surface area contributed by atoms with Crippen LogP contribution in [0.3, 0.4) is 0 Å². The van der Waals surface area contributed by atoms with Gasteiger partial charge in [-0.15, -0.1) is 0 Å². The van der Waals surface area contributed by atoms with E-state index in [-0.39, 0.29) is 11.8 Å². The fourth-order valence-corrected chi connectivity index (χ4v) is 3.77. The highest BCUT2D eigenvalue weighted by molar-refractivity contribution is 5.83. The number of morpholine rings is 1. The van der Waals surface area contributed by atoms with Crippen molar-refractivity contribution in [3.63, 3.8) is 0 Å². The Hall–Kier alpha value is -3.65. The summed E-state index contributed by atoms with van der Waals surface area (Å²) >= 11 is 0. The third kappa shape index (κ3) is 5.78. The van der Waals surface area contributed by atoms with Crippen LogP contribution in [0.4, 0.5) is 23.0 Å². The van der Waals surface area contributed by atoms with Crippen molar-refractivity contribution in [3.8, 4) is 11.3 Å². The Morgan fingerprint density at radius 3 is 2.30 bits per heavy atom. The summed E-state index contributed by atoms with van der Waals surface area (Å²) in [7, 11) is 0. The zero-order chi connectivity index (χ0) is 23.2. The lowest BCUT2D eigenvalue weighted by Gasteiger charge is -2.28. The molecule has 33 heavy (non-hydrogen) atoms. The van der Waals surface area contributed by atoms with Crippen molar-refractivity contribution in [1.82, 2.24) is 9.97 Å². The van der Waals surface area contributed by atoms with Crippen molar-refractivity contribution in [2.75, 3.05) is 41.8 Å². The average molecular weight is 447 g/mol. The summed E-state index contributed by atoms with van der Waals surface area (Å²) in [6.07, 6.45) is 1.74. The van der Waals surface area contributed by atoms with Crippen molar-refractivity contribution in [2.45, 2.75) is 19.9 Å². The average Bonchev–Trinajstić information content (AvgIpc) is 2.84. The van der Waals surface area contributed by atoms with Crippen LogP contribution >= 0.6 is 0 Å². The third-order valence-electron chi connectivity index (χ3n) is 5.63. The van der Waals surface area contributed by atoms with E-state index in [9.17, 15) is 4.79 Å². The molecular weight excluding hydrogens is 416 g/mol. The number of hydrogen-bond acceptors (Lipinski definition) is 7. The highest BCUT2D eigenvalue weighted by Crippen LogP contribution is 2.24. The summed E-state index contributed by atoms with van der Waals surface area (Å²) in [5, 5.41) is 6.48. The number of carbonyl (C=O) groups excluding carboxylic acids is 1. The molecule has 2 heterocycles. The predicted molar refractivity (Wildman–Crippen MR) is 132 cm³/mol. The molecule has 0 unspecified atom stereocenters. The fraction of sp³-hybridized carbons (Fsp3) is 0.320. The summed E-state index contributed by atoms with van der Waals surface area (Å²) in [5.74, 6) is 0.265. The molecule has 3 aromatic rings. The number of aromatic nitrogens is 2. The monoisotopic (exact) mass is 446 g/mol. The normalized spacial score (nSPS) is 14.7. The maximum Gasteiger partial charge on any atom is 0.240 e. The molecule has 172 valence electrons. The largest absolute Gasteiger partial charge is 0.378 e. The molecule has 0 spiro atoms. The lowest BCUT2D eigenvalue weighted by molar-refractivity contribution is -0.119. The molecule has 1 aliphatic rings. The van der Waals surface area contributed by atoms with Crippen molar-refractivity contribution in [2.24, 2.45) is 11.7 Å². The van der Waals surface area contributed by atoms with Gasteiger partial charge in [0.05, 0.1) is 18.9 Å². The Labute approximate surface area is 194 Å². The smallest absolute Gasteiger partial charge is 0.240 e. The molecule has 0 saturated carbocycles. The van der Waals surface area contributed by atoms with Crippen molar-refractivity contribution in [1.29, 1.82) is 0 Å². The Kier molecular flexibility index (Phi) is 7.04. The highest BCUT2D eigenvalue weighted by atomic mass is 16.5. The molecule has 1 aromatic heterocycles. The van der Waals surface area contributed by atoms with Gasteiger partial charge in [0, 0.05) is 41.9 Å². The fourth-order valence-electron chi connectivity index (χ4n) is 3.77. The molecule has 0 bridgehead atoms. The zero-order valence-corrected chi connectivity index (χ0v) is 19.0. The minimum atomic E-state index is -0.416. The molecule has 1 saturated heterocycles. The summed E-state index contributed by atoms with van der Waals surface area (Å²) < 4.78 is 5.42. The first-order valence-corrected chi connectivity index (χ1v) is 11.2. The zero-order valence-electron chi connectivity index (χ0n) is 19.0. The van der Waals surface area contributed by atoms with Crippen LogP contribution in [0.1, 0.15) is 13.8 Å². The summed E-state index contributed by atoms with van der Waals surface area (Å²) in [6, 6.07) is 17.5. The van der Waals surface area contributed by atoms with Crippen LogP contribution in [0.5, 0.6) is 0 Å². The van der Waals surface area contributed by atoms with Crippen LogP contribution in [0.25, 0.3) is 11.3 Å². The number of benzene rings is 2. The van der Waals surface area contributed by atoms with Crippen LogP contribution in [0, 0.1) is 5.92 Å². The standard InChI is InChI=1S/C25H30N6O2/c1-17(2)23(24(26)32)28-19-5-3-18(4-6-19)22-11-12-27-25(30-22)29-20-7-9-21(10-8-20)31-13-15-33-16-14-31/h3-12,17,23,28H,13-16H2,1-2H3,(H2,26,32)(H,27,29,30)/t23-/m0/s1. The first-order chi connectivity index (χ1) is 16.0. The number of anilines is 4. The van der Waals surface area contributed by atoms with Crippen LogP contribution in [0.2, 0.25) is 0 Å². The van der Waals surface area contributed by atoms with E-state index in [1.165, 1.54) is 5.69 Å². The van der Waals surface area contributed by atoms with Crippen molar-refractivity contribution in [3.05, 3.63) is 60.8 Å². The Bertz CT molecular complexity index is 1060. The van der Waals surface area contributed by atoms with Gasteiger partial charge < -0.3 is 26.0 Å². The molecule has 2 aromatic carbocycles. The number of ether oxygens (including phenoxy) is 1. The van der Waals surface area contributed by atoms with Crippen molar-refractivity contribution >= 4 is 28.9 Å². The SMILES string of the molecule is CC(C)[C@H](Nc1ccc(-c2ccnc(Nc3ccc(N4CCOCC4)cc3)n2)cc1)C(N)=O. The van der Waals surface area contributed by atoms with Crippen LogP contribution in [-0.4, -0.2) is 48.2 Å². The van der Waals surface area contributed by atoms with Gasteiger partial charge >= 0.3 is 0 Å². The van der Waals surface area contributed by atoms with Gasteiger partial charge in [-0.3, -0.25) is 4.79 Å². The number of hydrogen-bond donors (Lipinski definition) is 3. The number of carbonyl (C=O) groups is 1. The van der Waals surface area contributed by atoms with Crippen LogP contribution in [0.15, 0.2) is 60.8 Å². The van der Waals surface area contributed by atoms with E-state index in [1.54, 1.807) is 6.20 Å². The molecule has 1 amide bonds. The lowest BCUT2D eigenvalue weighted by atomic mass is 10.0. The Morgan fingerprint density at radius 2 is 1.67 bits per heavy atom. The maximum absolute atomic E-state index is 11.6. The second-order valence-corrected chi connectivity index (χ2v) is 8.38. The van der Waals surface area contributed by atoms with Gasteiger partial charge in [-0.25, -0.2) is 9.97 Å². The predicted octanol–water partition coefficient (Wildman–Crippen LogP) is 3.65. The topological polar surface area (TPSA) is 105 Å². The van der Waals surface area contributed by atoms with Gasteiger partial charge in [-0.1, -0.05) is 26.0 Å². The maximum atomic E-state index is 11.6. The van der Waals surface area contributed by atoms with E-state index in [4.69, 9.17) is 10.5 Å². The third-order valence-corrected chi connectivity index (χ3v) is 5.63. The first kappa shape index (κ1) is 22.5. The second-order valence-electron chi connectivity index (χ2n) is 8.38. The highest BCUT2D eigenvalue weighted by Gasteiger charge is 2.19. The van der Waals surface area contributed by atoms with Gasteiger partial charge in [-0.05, 0) is 48.4 Å². The minimum absolute atomic E-state index is 0.0978. The van der Waals surface area contributed by atoms with E-state index in [1.807, 2.05) is 56.3 Å². The van der Waals surface area contributed by atoms with Gasteiger partial charge in [0.1, 0.15) is 6.04 Å². The van der Waals surface area contributed by atoms with E-state index in [0.717, 1.165) is 48.9 Å². The van der Waals surface area contributed by atoms with Gasteiger partial charge in [0.15, 0.2) is 0 Å². The molecule has 4 rings (SSSR count). The number of nitrogens with one attached hydrogen (secondary N) is 2. The van der Waals surface area contributed by atoms with E-state index < -0.39 is 6.04 Å². The molecule has 4 N–H and O–H groups in total. The summed E-state index contributed by atoms with van der Waals surface area (Å²) in [4.78, 5) is 23.0. The van der Waals surface area contributed by atoms with E-state index >= 15 is 0 Å². The summed E-state index contributed by atoms with van der Waals surface area (Å²) in [6.45, 7) is 7.27. The molecule has 1 atom stereocenters. The number of rotatable bonds is 8. The lowest BCUT2D eigenvalue weighted by Crippen LogP contribution is -2.39. The van der Waals surface area contributed by atoms with E-state index in [0.29, 0.717) is 5.95 Å². The molecule has 0 aliphatic carbocycles. The minimum Gasteiger partial charge on any atom is -0.378 e. The molecule has 1 fully saturated rings. The van der Waals surface area contributed by atoms with Crippen molar-refractivity contribution < 1.29 is 9.53 Å². The quantitative estimate of drug-likeness (QED) is 0.485. The molecule has 8 nitrogen and oxygen atoms in total. The van der Waals surface area contributed by atoms with Gasteiger partial charge in [0.25, 0.3) is 0 Å². The van der Waals surface area contributed by atoms with E-state index in [2.05, 4.69) is 37.6 Å². The second kappa shape index (κ2) is 10.3. The number of nitrogens with zero attached hydrogens (tertiary/aromatic N) is 3. The molecule has 1 aliphatic heterocycles. The molecular formula is C25H30N6O2. The molecule has 8 heteroatoms. The first-order valence-electron chi connectivity index (χ1n) is 11.2. The van der Waals surface area contributed by atoms with Crippen LogP contribution in [-0.2, 0) is 9.53 Å². The van der Waals surface area contributed by atoms with Gasteiger partial charge in [-0.2, -0.15) is 0 Å². The Balaban J connectivity index is 1.43. The number of nitrogens with two attached hydrogens (primary N) is 1. The number of amides is 1. The van der Waals surface area contributed by atoms with Gasteiger partial charge in [0.2, 0.25) is 11.9 Å². The van der Waals surface area contributed by atoms with Crippen LogP contribution < -0.4 is 21.3 Å².